The Bertz CT molecular complexity index is 495. The molecular weight excluding hydrogens is 244 g/mol. The average Bonchev–Trinajstić information content (AvgIpc) is 2.09. The van der Waals surface area contributed by atoms with E-state index in [0.717, 1.165) is 0 Å². The molecule has 0 aliphatic rings. The number of phenolic OH excluding ortho intramolecular Hbond substituents is 1. The predicted octanol–water partition coefficient (Wildman–Crippen LogP) is 1.20. The van der Waals surface area contributed by atoms with Crippen molar-refractivity contribution in [1.29, 1.82) is 0 Å². The first-order chi connectivity index (χ1) is 6.68. The third kappa shape index (κ3) is 1.75. The predicted molar refractivity (Wildman–Crippen MR) is 37.8 cm³/mol. The molecule has 0 fully saturated rings. The Kier molecular flexibility index (Phi) is 2.62. The first kappa shape index (κ1) is 11.7. The van der Waals surface area contributed by atoms with Crippen LogP contribution in [0.5, 0.6) is 5.75 Å². The normalized spacial score (nSPS) is 11.8. The number of aromatic hydroxyl groups is 1. The van der Waals surface area contributed by atoms with Crippen molar-refractivity contribution in [1.82, 2.24) is 0 Å². The quantitative estimate of drug-likeness (QED) is 0.443. The molecule has 1 rings (SSSR count). The Hall–Kier alpha value is -1.35. The molecule has 0 radical (unpaired) electrons. The summed E-state index contributed by atoms with van der Waals surface area (Å²) in [4.78, 5) is -2.18. The molecule has 0 saturated carbocycles. The van der Waals surface area contributed by atoms with Crippen molar-refractivity contribution in [3.8, 4) is 5.75 Å². The molecule has 4 nitrogen and oxygen atoms in total. The van der Waals surface area contributed by atoms with Gasteiger partial charge in [-0.25, -0.2) is 8.78 Å². The van der Waals surface area contributed by atoms with Crippen molar-refractivity contribution in [3.63, 3.8) is 0 Å². The summed E-state index contributed by atoms with van der Waals surface area (Å²) in [5.41, 5.74) is 0. The van der Waals surface area contributed by atoms with Crippen molar-refractivity contribution in [2.45, 2.75) is 4.90 Å². The van der Waals surface area contributed by atoms with Gasteiger partial charge in [0, 0.05) is 0 Å². The molecule has 0 heterocycles. The molecule has 0 atom stereocenters. The molecular formula is C6H2F4O4S. The van der Waals surface area contributed by atoms with Crippen LogP contribution in [0.1, 0.15) is 0 Å². The first-order valence-electron chi connectivity index (χ1n) is 3.20. The largest absolute Gasteiger partial charge is 0.503 e. The van der Waals surface area contributed by atoms with Crippen molar-refractivity contribution in [2.24, 2.45) is 0 Å². The van der Waals surface area contributed by atoms with Crippen LogP contribution in [-0.4, -0.2) is 18.1 Å². The molecule has 2 N–H and O–H groups in total. The highest BCUT2D eigenvalue weighted by Gasteiger charge is 2.31. The van der Waals surface area contributed by atoms with E-state index < -0.39 is 44.0 Å². The summed E-state index contributed by atoms with van der Waals surface area (Å²) in [6.45, 7) is 0. The minimum absolute atomic E-state index is 2.00. The van der Waals surface area contributed by atoms with Gasteiger partial charge in [0.2, 0.25) is 11.6 Å². The van der Waals surface area contributed by atoms with Crippen LogP contribution in [0.25, 0.3) is 0 Å². The third-order valence-electron chi connectivity index (χ3n) is 1.46. The van der Waals surface area contributed by atoms with Gasteiger partial charge >= 0.3 is 10.1 Å². The summed E-state index contributed by atoms with van der Waals surface area (Å²) >= 11 is 0. The monoisotopic (exact) mass is 246 g/mol. The smallest absolute Gasteiger partial charge is 0.300 e. The molecule has 0 aliphatic carbocycles. The molecule has 0 bridgehead atoms. The average molecular weight is 246 g/mol. The molecule has 9 heteroatoms. The number of halogens is 4. The Morgan fingerprint density at radius 2 is 1.20 bits per heavy atom. The first-order valence-corrected chi connectivity index (χ1v) is 4.64. The molecule has 1 aromatic rings. The molecule has 0 aliphatic heterocycles. The second kappa shape index (κ2) is 3.35. The molecule has 1 aromatic carbocycles. The standard InChI is InChI=1S/C6H2F4O4S/c7-1-3(9)6(15(12,13)14)4(10)2(8)5(1)11/h11H,(H,12,13,14). The van der Waals surface area contributed by atoms with Gasteiger partial charge in [-0.1, -0.05) is 0 Å². The maximum Gasteiger partial charge on any atom is 0.300 e. The maximum absolute atomic E-state index is 12.7. The van der Waals surface area contributed by atoms with E-state index in [4.69, 9.17) is 9.66 Å². The van der Waals surface area contributed by atoms with Crippen molar-refractivity contribution >= 4 is 10.1 Å². The van der Waals surface area contributed by atoms with E-state index in [1.54, 1.807) is 0 Å². The van der Waals surface area contributed by atoms with Crippen LogP contribution >= 0.6 is 0 Å². The summed E-state index contributed by atoms with van der Waals surface area (Å²) in [6, 6.07) is 0. The zero-order valence-electron chi connectivity index (χ0n) is 6.63. The topological polar surface area (TPSA) is 74.6 Å². The van der Waals surface area contributed by atoms with Gasteiger partial charge in [-0.2, -0.15) is 17.2 Å². The molecule has 0 amide bonds. The molecule has 15 heavy (non-hydrogen) atoms. The van der Waals surface area contributed by atoms with Gasteiger partial charge in [0.25, 0.3) is 0 Å². The molecule has 0 aromatic heterocycles. The Morgan fingerprint density at radius 3 is 1.47 bits per heavy atom. The number of rotatable bonds is 1. The fraction of sp³-hybridized carbons (Fsp3) is 0. The van der Waals surface area contributed by atoms with Crippen LogP contribution in [0.2, 0.25) is 0 Å². The van der Waals surface area contributed by atoms with Gasteiger partial charge in [-0.3, -0.25) is 4.55 Å². The van der Waals surface area contributed by atoms with Gasteiger partial charge in [-0.05, 0) is 0 Å². The van der Waals surface area contributed by atoms with E-state index in [0.29, 0.717) is 0 Å². The lowest BCUT2D eigenvalue weighted by atomic mass is 10.3. The second-order valence-corrected chi connectivity index (χ2v) is 3.77. The van der Waals surface area contributed by atoms with E-state index in [-0.39, 0.29) is 0 Å². The highest BCUT2D eigenvalue weighted by Crippen LogP contribution is 2.31. The minimum Gasteiger partial charge on any atom is -0.503 e. The molecule has 0 saturated heterocycles. The molecule has 0 unspecified atom stereocenters. The van der Waals surface area contributed by atoms with Crippen LogP contribution in [0, 0.1) is 23.3 Å². The SMILES string of the molecule is O=S(=O)(O)c1c(F)c(F)c(O)c(F)c1F. The lowest BCUT2D eigenvalue weighted by Crippen LogP contribution is -2.09. The lowest BCUT2D eigenvalue weighted by molar-refractivity contribution is 0.339. The summed E-state index contributed by atoms with van der Waals surface area (Å²) in [5, 5.41) is 8.45. The van der Waals surface area contributed by atoms with E-state index in [1.165, 1.54) is 0 Å². The van der Waals surface area contributed by atoms with Crippen LogP contribution in [0.4, 0.5) is 17.6 Å². The van der Waals surface area contributed by atoms with Crippen molar-refractivity contribution in [3.05, 3.63) is 23.3 Å². The summed E-state index contributed by atoms with van der Waals surface area (Å²) in [7, 11) is -5.47. The number of hydrogen-bond acceptors (Lipinski definition) is 3. The van der Waals surface area contributed by atoms with Gasteiger partial charge < -0.3 is 5.11 Å². The van der Waals surface area contributed by atoms with E-state index >= 15 is 0 Å². The van der Waals surface area contributed by atoms with Crippen molar-refractivity contribution in [2.75, 3.05) is 0 Å². The van der Waals surface area contributed by atoms with Crippen molar-refractivity contribution < 1.29 is 35.6 Å². The van der Waals surface area contributed by atoms with Gasteiger partial charge in [0.1, 0.15) is 0 Å². The van der Waals surface area contributed by atoms with Crippen LogP contribution in [0.15, 0.2) is 4.90 Å². The van der Waals surface area contributed by atoms with Gasteiger partial charge in [-0.15, -0.1) is 0 Å². The minimum atomic E-state index is -5.47. The highest BCUT2D eigenvalue weighted by molar-refractivity contribution is 7.85. The fourth-order valence-corrected chi connectivity index (χ4v) is 1.46. The van der Waals surface area contributed by atoms with Crippen LogP contribution < -0.4 is 0 Å². The Morgan fingerprint density at radius 1 is 0.867 bits per heavy atom. The van der Waals surface area contributed by atoms with E-state index in [9.17, 15) is 26.0 Å². The van der Waals surface area contributed by atoms with E-state index in [1.807, 2.05) is 0 Å². The van der Waals surface area contributed by atoms with Crippen LogP contribution in [0.3, 0.4) is 0 Å². The number of phenols is 1. The van der Waals surface area contributed by atoms with Crippen LogP contribution in [-0.2, 0) is 10.1 Å². The van der Waals surface area contributed by atoms with E-state index in [2.05, 4.69) is 0 Å². The zero-order chi connectivity index (χ0) is 12.0. The number of hydrogen-bond donors (Lipinski definition) is 2. The number of benzene rings is 1. The lowest BCUT2D eigenvalue weighted by Gasteiger charge is -2.05. The maximum atomic E-state index is 12.7. The third-order valence-corrected chi connectivity index (χ3v) is 2.33. The van der Waals surface area contributed by atoms with Gasteiger partial charge in [0.15, 0.2) is 22.3 Å². The molecule has 84 valence electrons. The summed E-state index contributed by atoms with van der Waals surface area (Å²) < 4.78 is 79.5. The second-order valence-electron chi connectivity index (χ2n) is 2.41. The highest BCUT2D eigenvalue weighted by atomic mass is 32.2. The molecule has 0 spiro atoms. The Labute approximate surface area is 80.5 Å². The van der Waals surface area contributed by atoms with Gasteiger partial charge in [0.05, 0.1) is 0 Å². The summed E-state index contributed by atoms with van der Waals surface area (Å²) in [6.07, 6.45) is 0. The fourth-order valence-electron chi connectivity index (χ4n) is 0.826. The summed E-state index contributed by atoms with van der Waals surface area (Å²) in [5.74, 6) is -11.4. The Balaban J connectivity index is 3.84. The zero-order valence-corrected chi connectivity index (χ0v) is 7.45.